The van der Waals surface area contributed by atoms with Gasteiger partial charge >= 0.3 is 0 Å². The average molecular weight is 1170 g/mol. The molecule has 0 heterocycles. The number of nitrogens with zero attached hydrogens (tertiary/aromatic N) is 1. The van der Waals surface area contributed by atoms with Crippen LogP contribution in [0.1, 0.15) is 55.6 Å². The Morgan fingerprint density at radius 3 is 1.06 bits per heavy atom. The predicted molar refractivity (Wildman–Crippen MR) is 360 cm³/mol. The lowest BCUT2D eigenvalue weighted by Crippen LogP contribution is -2.30. The van der Waals surface area contributed by atoms with E-state index >= 15 is 8.78 Å². The molecule has 0 fully saturated rings. The minimum Gasteiger partial charge on any atom is -0.457 e. The number of halogens is 3. The number of fused-ring (bicyclic) bond motifs is 6. The fourth-order valence-corrected chi connectivity index (χ4v) is 13.8. The van der Waals surface area contributed by atoms with Crippen LogP contribution in [0, 0.1) is 17.5 Å². The van der Waals surface area contributed by atoms with Crippen molar-refractivity contribution in [2.24, 2.45) is 0 Å². The normalized spacial score (nSPS) is 15.0. The molecule has 13 aromatic rings. The second-order valence-electron chi connectivity index (χ2n) is 22.8. The first-order valence-corrected chi connectivity index (χ1v) is 30.0. The summed E-state index contributed by atoms with van der Waals surface area (Å²) in [5, 5.41) is 0. The molecule has 2 unspecified atom stereocenters. The Morgan fingerprint density at radius 1 is 0.289 bits per heavy atom. The highest BCUT2D eigenvalue weighted by Crippen LogP contribution is 2.60. The van der Waals surface area contributed by atoms with E-state index in [2.05, 4.69) is 139 Å². The number of rotatable bonds is 15. The van der Waals surface area contributed by atoms with Gasteiger partial charge in [0, 0.05) is 28.2 Å². The van der Waals surface area contributed by atoms with Crippen molar-refractivity contribution < 1.29 is 22.6 Å². The highest BCUT2D eigenvalue weighted by Gasteiger charge is 2.50. The summed E-state index contributed by atoms with van der Waals surface area (Å²) in [6.07, 6.45) is 3.59. The molecular formula is C84H56F3NO2. The summed E-state index contributed by atoms with van der Waals surface area (Å²) in [4.78, 5) is 2.26. The van der Waals surface area contributed by atoms with Gasteiger partial charge in [-0.15, -0.1) is 0 Å². The van der Waals surface area contributed by atoms with Gasteiger partial charge in [-0.2, -0.15) is 0 Å². The van der Waals surface area contributed by atoms with Crippen LogP contribution in [0.2, 0.25) is 0 Å². The Morgan fingerprint density at radius 2 is 0.644 bits per heavy atom. The third kappa shape index (κ3) is 9.31. The largest absolute Gasteiger partial charge is 0.457 e. The first kappa shape index (κ1) is 55.1. The average Bonchev–Trinajstić information content (AvgIpc) is 1.71. The zero-order valence-corrected chi connectivity index (χ0v) is 48.8. The van der Waals surface area contributed by atoms with E-state index in [1.807, 2.05) is 133 Å². The lowest BCUT2D eigenvalue weighted by Gasteiger charge is -2.36. The Bertz CT molecular complexity index is 4640. The van der Waals surface area contributed by atoms with Crippen molar-refractivity contribution in [2.75, 3.05) is 4.90 Å². The number of ether oxygens (including phenoxy) is 2. The first-order valence-electron chi connectivity index (χ1n) is 30.0. The molecule has 0 N–H and O–H groups in total. The second kappa shape index (κ2) is 22.7. The first-order chi connectivity index (χ1) is 44.2. The van der Waals surface area contributed by atoms with E-state index in [1.54, 1.807) is 48.6 Å². The van der Waals surface area contributed by atoms with Gasteiger partial charge < -0.3 is 14.4 Å². The van der Waals surface area contributed by atoms with E-state index in [0.29, 0.717) is 34.1 Å². The zero-order chi connectivity index (χ0) is 60.9. The Kier molecular flexibility index (Phi) is 13.9. The van der Waals surface area contributed by atoms with Gasteiger partial charge in [0.2, 0.25) is 0 Å². The molecule has 6 heteroatoms. The van der Waals surface area contributed by atoms with Crippen LogP contribution >= 0.6 is 0 Å². The van der Waals surface area contributed by atoms with Crippen molar-refractivity contribution in [3.63, 3.8) is 0 Å². The van der Waals surface area contributed by atoms with E-state index in [0.717, 1.165) is 106 Å². The fourth-order valence-electron chi connectivity index (χ4n) is 13.8. The highest BCUT2D eigenvalue weighted by molar-refractivity contribution is 5.93. The molecule has 15 rings (SSSR count). The lowest BCUT2D eigenvalue weighted by atomic mass is 9.67. The molecule has 13 aromatic carbocycles. The van der Waals surface area contributed by atoms with Crippen molar-refractivity contribution in [1.82, 2.24) is 0 Å². The van der Waals surface area contributed by atoms with Crippen molar-refractivity contribution in [3.8, 4) is 67.5 Å². The van der Waals surface area contributed by atoms with Gasteiger partial charge in [-0.25, -0.2) is 13.2 Å². The topological polar surface area (TPSA) is 21.7 Å². The number of hydrogen-bond acceptors (Lipinski definition) is 3. The van der Waals surface area contributed by atoms with E-state index in [1.165, 1.54) is 12.1 Å². The van der Waals surface area contributed by atoms with E-state index in [-0.39, 0.29) is 17.5 Å². The summed E-state index contributed by atoms with van der Waals surface area (Å²) in [5.41, 5.74) is 16.4. The van der Waals surface area contributed by atoms with Crippen LogP contribution in [0.5, 0.6) is 23.0 Å². The summed E-state index contributed by atoms with van der Waals surface area (Å²) in [5.74, 6) is 1.67. The second-order valence-corrected chi connectivity index (χ2v) is 22.8. The highest BCUT2D eigenvalue weighted by atomic mass is 19.1. The molecule has 90 heavy (non-hydrogen) atoms. The zero-order valence-electron chi connectivity index (χ0n) is 48.8. The number of anilines is 3. The standard InChI is InChI=1S/C84H56F3NO2/c1-3-55-24-42-67(43-25-55)89-69-46-32-61(33-47-69)83(77-20-9-11-22-81(77)86)75-18-7-5-16-71(75)73-50-40-65(53-79(73)83)88(64-38-30-58(31-39-64)60-15-13-14-59(52-60)57-28-36-63(85)37-29-57)66-41-51-74-72-17-6-8-19-76(72)84(80(74)54-66,78-21-10-12-23-82(78)87)62-34-48-70(49-35-62)90-68-44-26-56(4-2)27-45-68/h3-54H,1-2H2. The van der Waals surface area contributed by atoms with Gasteiger partial charge in [0.15, 0.2) is 0 Å². The number of hydrogen-bond donors (Lipinski definition) is 0. The quantitative estimate of drug-likeness (QED) is 0.102. The molecule has 2 aliphatic rings. The molecular weight excluding hydrogens is 1110 g/mol. The third-order valence-corrected chi connectivity index (χ3v) is 17.9. The smallest absolute Gasteiger partial charge is 0.127 e. The number of benzene rings is 13. The van der Waals surface area contributed by atoms with Gasteiger partial charge in [-0.1, -0.05) is 213 Å². The van der Waals surface area contributed by atoms with Crippen molar-refractivity contribution >= 4 is 29.2 Å². The van der Waals surface area contributed by atoms with Crippen LogP contribution in [-0.4, -0.2) is 0 Å². The van der Waals surface area contributed by atoms with Crippen LogP contribution in [0.4, 0.5) is 30.2 Å². The molecule has 0 amide bonds. The maximum atomic E-state index is 17.4. The van der Waals surface area contributed by atoms with E-state index in [9.17, 15) is 4.39 Å². The molecule has 0 spiro atoms. The van der Waals surface area contributed by atoms with Crippen molar-refractivity contribution in [2.45, 2.75) is 10.8 Å². The van der Waals surface area contributed by atoms with Crippen molar-refractivity contribution in [3.05, 3.63) is 390 Å². The summed E-state index contributed by atoms with van der Waals surface area (Å²) >= 11 is 0. The molecule has 0 bridgehead atoms. The summed E-state index contributed by atoms with van der Waals surface area (Å²) in [6, 6.07) is 98.8. The summed E-state index contributed by atoms with van der Waals surface area (Å²) in [6.45, 7) is 7.80. The molecule has 0 saturated carbocycles. The van der Waals surface area contributed by atoms with Crippen LogP contribution in [0.25, 0.3) is 56.7 Å². The summed E-state index contributed by atoms with van der Waals surface area (Å²) in [7, 11) is 0. The SMILES string of the molecule is C=Cc1ccc(Oc2ccc(C3(c4ccccc4F)c4ccccc4-c4ccc(N(c5ccc(-c6cccc(-c7ccc(F)cc7)c6)cc5)c5ccc6c(c5)C(c5ccc(Oc7ccc(C=C)cc7)cc5)(c5ccccc5F)c5ccccc5-6)cc43)cc2)cc1. The molecule has 2 atom stereocenters. The van der Waals surface area contributed by atoms with Gasteiger partial charge in [-0.3, -0.25) is 0 Å². The van der Waals surface area contributed by atoms with Gasteiger partial charge in [0.05, 0.1) is 10.8 Å². The predicted octanol–water partition coefficient (Wildman–Crippen LogP) is 22.5. The fraction of sp³-hybridized carbons (Fsp3) is 0.0238. The minimum absolute atomic E-state index is 0.288. The van der Waals surface area contributed by atoms with Gasteiger partial charge in [0.1, 0.15) is 40.4 Å². The lowest BCUT2D eigenvalue weighted by molar-refractivity contribution is 0.482. The maximum absolute atomic E-state index is 17.4. The monoisotopic (exact) mass is 1170 g/mol. The Hall–Kier alpha value is -11.5. The molecule has 2 aliphatic carbocycles. The van der Waals surface area contributed by atoms with Crippen molar-refractivity contribution in [1.29, 1.82) is 0 Å². The van der Waals surface area contributed by atoms with Gasteiger partial charge in [-0.05, 0) is 204 Å². The Labute approximate surface area is 521 Å². The summed E-state index contributed by atoms with van der Waals surface area (Å²) < 4.78 is 61.7. The maximum Gasteiger partial charge on any atom is 0.127 e. The minimum atomic E-state index is -1.15. The molecule has 3 nitrogen and oxygen atoms in total. The van der Waals surface area contributed by atoms with E-state index in [4.69, 9.17) is 9.47 Å². The molecule has 430 valence electrons. The van der Waals surface area contributed by atoms with E-state index < -0.39 is 10.8 Å². The third-order valence-electron chi connectivity index (χ3n) is 17.9. The Balaban J connectivity index is 0.932. The van der Waals surface area contributed by atoms with Crippen LogP contribution in [-0.2, 0) is 10.8 Å². The molecule has 0 aromatic heterocycles. The van der Waals surface area contributed by atoms with Gasteiger partial charge in [0.25, 0.3) is 0 Å². The molecule has 0 aliphatic heterocycles. The van der Waals surface area contributed by atoms with Crippen LogP contribution in [0.3, 0.4) is 0 Å². The molecule has 0 radical (unpaired) electrons. The van der Waals surface area contributed by atoms with Crippen LogP contribution < -0.4 is 14.4 Å². The molecule has 0 saturated heterocycles. The van der Waals surface area contributed by atoms with Crippen LogP contribution in [0.15, 0.2) is 316 Å².